The molecule has 0 spiro atoms. The number of carbonyl (C=O) groups is 3. The van der Waals surface area contributed by atoms with E-state index in [1.54, 1.807) is 20.1 Å². The number of ether oxygens (including phenoxy) is 2. The molecule has 1 fully saturated rings. The van der Waals surface area contributed by atoms with E-state index in [4.69, 9.17) is 9.47 Å². The molecular formula is C25H34N5O8P. The van der Waals surface area contributed by atoms with Crippen LogP contribution < -0.4 is 10.6 Å². The molecule has 0 aliphatic carbocycles. The van der Waals surface area contributed by atoms with Crippen molar-refractivity contribution in [1.82, 2.24) is 20.1 Å². The van der Waals surface area contributed by atoms with Crippen molar-refractivity contribution in [3.8, 4) is 11.3 Å². The molecule has 212 valence electrons. The van der Waals surface area contributed by atoms with Crippen LogP contribution in [0.5, 0.6) is 0 Å². The Labute approximate surface area is 226 Å². The second kappa shape index (κ2) is 14.0. The van der Waals surface area contributed by atoms with Crippen molar-refractivity contribution in [3.63, 3.8) is 0 Å². The van der Waals surface area contributed by atoms with Crippen LogP contribution in [0.3, 0.4) is 0 Å². The number of nitrogens with one attached hydrogen (secondary N) is 2. The highest BCUT2D eigenvalue weighted by Gasteiger charge is 2.34. The zero-order valence-electron chi connectivity index (χ0n) is 21.9. The molecule has 39 heavy (non-hydrogen) atoms. The third kappa shape index (κ3) is 9.03. The molecule has 1 aliphatic heterocycles. The van der Waals surface area contributed by atoms with Gasteiger partial charge in [-0.3, -0.25) is 14.2 Å². The Morgan fingerprint density at radius 1 is 1.08 bits per heavy atom. The first kappa shape index (κ1) is 30.0. The number of hydrogen-bond donors (Lipinski definition) is 4. The van der Waals surface area contributed by atoms with Gasteiger partial charge >= 0.3 is 13.7 Å². The van der Waals surface area contributed by atoms with Crippen molar-refractivity contribution in [2.45, 2.75) is 13.0 Å². The number of amides is 3. The minimum atomic E-state index is -4.69. The van der Waals surface area contributed by atoms with Crippen LogP contribution in [0.2, 0.25) is 0 Å². The number of rotatable bonds is 11. The number of piperazine rings is 1. The monoisotopic (exact) mass is 563 g/mol. The van der Waals surface area contributed by atoms with E-state index in [-0.39, 0.29) is 38.5 Å². The van der Waals surface area contributed by atoms with E-state index in [1.165, 1.54) is 15.9 Å². The zero-order valence-corrected chi connectivity index (χ0v) is 22.8. The lowest BCUT2D eigenvalue weighted by Crippen LogP contribution is -2.56. The summed E-state index contributed by atoms with van der Waals surface area (Å²) in [6, 6.07) is 10.9. The maximum absolute atomic E-state index is 13.3. The number of aromatic nitrogens is 1. The fourth-order valence-corrected chi connectivity index (χ4v) is 4.73. The third-order valence-electron chi connectivity index (χ3n) is 5.90. The maximum Gasteiger partial charge on any atom is 0.409 e. The quantitative estimate of drug-likeness (QED) is 0.231. The molecule has 2 heterocycles. The molecule has 0 radical (unpaired) electrons. The van der Waals surface area contributed by atoms with E-state index in [1.807, 2.05) is 30.3 Å². The number of pyridine rings is 1. The Morgan fingerprint density at radius 2 is 1.74 bits per heavy atom. The van der Waals surface area contributed by atoms with Crippen LogP contribution >= 0.6 is 7.60 Å². The lowest BCUT2D eigenvalue weighted by molar-refractivity contribution is -0.134. The average Bonchev–Trinajstić information content (AvgIpc) is 2.92. The third-order valence-corrected chi connectivity index (χ3v) is 6.74. The fourth-order valence-electron chi connectivity index (χ4n) is 4.00. The van der Waals surface area contributed by atoms with E-state index in [0.717, 1.165) is 5.56 Å². The van der Waals surface area contributed by atoms with Gasteiger partial charge in [-0.05, 0) is 19.1 Å². The topological polar surface area (TPSA) is 171 Å². The van der Waals surface area contributed by atoms with Gasteiger partial charge in [0.2, 0.25) is 5.91 Å². The van der Waals surface area contributed by atoms with Crippen molar-refractivity contribution in [2.75, 3.05) is 64.5 Å². The Kier molecular flexibility index (Phi) is 10.8. The van der Waals surface area contributed by atoms with E-state index < -0.39 is 37.7 Å². The number of benzene rings is 1. The highest BCUT2D eigenvalue weighted by Crippen LogP contribution is 2.35. The van der Waals surface area contributed by atoms with Gasteiger partial charge in [-0.2, -0.15) is 0 Å². The minimum Gasteiger partial charge on any atom is -0.450 e. The predicted octanol–water partition coefficient (Wildman–Crippen LogP) is 1.38. The van der Waals surface area contributed by atoms with Crippen LogP contribution in [0.25, 0.3) is 11.3 Å². The van der Waals surface area contributed by atoms with Crippen LogP contribution in [0.4, 0.5) is 10.5 Å². The standard InChI is InChI=1S/C25H34N5O8P/c1-3-38-25(33)30-12-10-29(11-13-30)24(32)22(17-39(34,35)36)28-23(31)21-16-19(26-9-14-37-2)15-20(27-21)18-7-5-4-6-8-18/h4-8,15-16,22H,3,9-14,17H2,1-2H3,(H,26,27)(H,28,31)(H2,34,35,36)/t22-/m0/s1. The van der Waals surface area contributed by atoms with Gasteiger partial charge in [0.05, 0.1) is 25.1 Å². The van der Waals surface area contributed by atoms with Crippen LogP contribution in [0, 0.1) is 0 Å². The molecule has 1 aromatic carbocycles. The van der Waals surface area contributed by atoms with E-state index >= 15 is 0 Å². The molecule has 0 bridgehead atoms. The molecule has 1 atom stereocenters. The fraction of sp³-hybridized carbons (Fsp3) is 0.440. The summed E-state index contributed by atoms with van der Waals surface area (Å²) >= 11 is 0. The van der Waals surface area contributed by atoms with Crippen molar-refractivity contribution in [3.05, 3.63) is 48.2 Å². The summed E-state index contributed by atoms with van der Waals surface area (Å²) in [4.78, 5) is 65.0. The summed E-state index contributed by atoms with van der Waals surface area (Å²) < 4.78 is 21.9. The highest BCUT2D eigenvalue weighted by molar-refractivity contribution is 7.51. The summed E-state index contributed by atoms with van der Waals surface area (Å²) in [6.45, 7) is 3.44. The first-order chi connectivity index (χ1) is 18.6. The molecule has 14 heteroatoms. The normalized spacial score (nSPS) is 14.5. The Bertz CT molecular complexity index is 1180. The smallest absolute Gasteiger partial charge is 0.409 e. The molecule has 3 rings (SSSR count). The number of methoxy groups -OCH3 is 1. The van der Waals surface area contributed by atoms with Gasteiger partial charge in [0.15, 0.2) is 0 Å². The van der Waals surface area contributed by atoms with Crippen molar-refractivity contribution in [1.29, 1.82) is 0 Å². The van der Waals surface area contributed by atoms with Gasteiger partial charge in [-0.1, -0.05) is 30.3 Å². The van der Waals surface area contributed by atoms with Gasteiger partial charge in [-0.25, -0.2) is 9.78 Å². The highest BCUT2D eigenvalue weighted by atomic mass is 31.2. The molecule has 1 aromatic heterocycles. The lowest BCUT2D eigenvalue weighted by atomic mass is 10.1. The average molecular weight is 564 g/mol. The Morgan fingerprint density at radius 3 is 2.36 bits per heavy atom. The molecule has 4 N–H and O–H groups in total. The van der Waals surface area contributed by atoms with Crippen LogP contribution in [0.15, 0.2) is 42.5 Å². The molecule has 2 aromatic rings. The summed E-state index contributed by atoms with van der Waals surface area (Å²) in [5.41, 5.74) is 1.80. The Hall–Kier alpha value is -3.51. The van der Waals surface area contributed by atoms with Crippen LogP contribution in [-0.4, -0.2) is 108 Å². The SMILES string of the molecule is CCOC(=O)N1CCN(C(=O)[C@H](CP(=O)(O)O)NC(=O)c2cc(NCCOC)cc(-c3ccccc3)n2)CC1. The number of anilines is 1. The summed E-state index contributed by atoms with van der Waals surface area (Å²) in [5.74, 6) is -1.42. The molecule has 1 aliphatic rings. The zero-order chi connectivity index (χ0) is 28.4. The van der Waals surface area contributed by atoms with Crippen LogP contribution in [0.1, 0.15) is 17.4 Å². The maximum atomic E-state index is 13.3. The summed E-state index contributed by atoms with van der Waals surface area (Å²) in [5, 5.41) is 5.62. The lowest BCUT2D eigenvalue weighted by Gasteiger charge is -2.36. The second-order valence-corrected chi connectivity index (χ2v) is 10.5. The van der Waals surface area contributed by atoms with Gasteiger partial charge in [0.1, 0.15) is 11.7 Å². The molecule has 0 unspecified atom stereocenters. The van der Waals surface area contributed by atoms with E-state index in [2.05, 4.69) is 15.6 Å². The van der Waals surface area contributed by atoms with E-state index in [0.29, 0.717) is 24.5 Å². The largest absolute Gasteiger partial charge is 0.450 e. The van der Waals surface area contributed by atoms with Gasteiger partial charge in [0.25, 0.3) is 5.91 Å². The molecular weight excluding hydrogens is 529 g/mol. The minimum absolute atomic E-state index is 0.0353. The van der Waals surface area contributed by atoms with Crippen molar-refractivity contribution < 1.29 is 38.2 Å². The Balaban J connectivity index is 1.81. The number of hydrogen-bond acceptors (Lipinski definition) is 8. The number of carbonyl (C=O) groups excluding carboxylic acids is 3. The van der Waals surface area contributed by atoms with Gasteiger partial charge < -0.3 is 39.7 Å². The van der Waals surface area contributed by atoms with Gasteiger partial charge in [-0.15, -0.1) is 0 Å². The van der Waals surface area contributed by atoms with Crippen LogP contribution in [-0.2, 0) is 18.8 Å². The first-order valence-electron chi connectivity index (χ1n) is 12.5. The number of nitrogens with zero attached hydrogens (tertiary/aromatic N) is 3. The van der Waals surface area contributed by atoms with E-state index in [9.17, 15) is 28.7 Å². The molecule has 0 saturated carbocycles. The molecule has 13 nitrogen and oxygen atoms in total. The summed E-state index contributed by atoms with van der Waals surface area (Å²) in [7, 11) is -3.12. The van der Waals surface area contributed by atoms with Crippen molar-refractivity contribution >= 4 is 31.2 Å². The van der Waals surface area contributed by atoms with Crippen molar-refractivity contribution in [2.24, 2.45) is 0 Å². The second-order valence-electron chi connectivity index (χ2n) is 8.80. The molecule has 1 saturated heterocycles. The summed E-state index contributed by atoms with van der Waals surface area (Å²) in [6.07, 6.45) is -1.38. The first-order valence-corrected chi connectivity index (χ1v) is 14.3. The van der Waals surface area contributed by atoms with Gasteiger partial charge in [0, 0.05) is 51.1 Å². The molecule has 3 amide bonds. The predicted molar refractivity (Wildman–Crippen MR) is 143 cm³/mol.